The zero-order valence-corrected chi connectivity index (χ0v) is 12.5. The molecule has 20 heavy (non-hydrogen) atoms. The lowest BCUT2D eigenvalue weighted by Crippen LogP contribution is -2.38. The number of nitrogens with one attached hydrogen (secondary N) is 1. The molecule has 2 fully saturated rings. The van der Waals surface area contributed by atoms with E-state index in [1.807, 2.05) is 0 Å². The van der Waals surface area contributed by atoms with Gasteiger partial charge in [0.2, 0.25) is 0 Å². The van der Waals surface area contributed by atoms with Crippen LogP contribution in [-0.4, -0.2) is 24.5 Å². The average molecular weight is 270 g/mol. The minimum Gasteiger partial charge on any atom is -0.384 e. The molecule has 2 aliphatic heterocycles. The van der Waals surface area contributed by atoms with Gasteiger partial charge in [-0.15, -0.1) is 0 Å². The molecule has 1 spiro atoms. The first-order valence-electron chi connectivity index (χ1n) is 8.41. The second-order valence-corrected chi connectivity index (χ2v) is 7.15. The second kappa shape index (κ2) is 5.07. The van der Waals surface area contributed by atoms with Crippen molar-refractivity contribution in [1.29, 1.82) is 0 Å². The van der Waals surface area contributed by atoms with Gasteiger partial charge in [0.05, 0.1) is 0 Å². The number of hydrogen-bond acceptors (Lipinski definition) is 2. The maximum Gasteiger partial charge on any atom is 0.0373 e. The highest BCUT2D eigenvalue weighted by Crippen LogP contribution is 2.46. The predicted molar refractivity (Wildman–Crippen MR) is 84.0 cm³/mol. The zero-order chi connectivity index (χ0) is 13.4. The molecule has 1 N–H and O–H groups in total. The Labute approximate surface area is 122 Å². The van der Waals surface area contributed by atoms with Gasteiger partial charge in [-0.3, -0.25) is 4.90 Å². The lowest BCUT2D eigenvalue weighted by molar-refractivity contribution is 0.103. The van der Waals surface area contributed by atoms with Crippen LogP contribution in [0.3, 0.4) is 0 Å². The Morgan fingerprint density at radius 2 is 1.85 bits per heavy atom. The molecule has 0 atom stereocenters. The topological polar surface area (TPSA) is 15.3 Å². The fourth-order valence-corrected chi connectivity index (χ4v) is 4.53. The van der Waals surface area contributed by atoms with Crippen LogP contribution in [0, 0.1) is 5.41 Å². The number of hydrogen-bond donors (Lipinski definition) is 1. The van der Waals surface area contributed by atoms with E-state index in [0.29, 0.717) is 0 Å². The Morgan fingerprint density at radius 3 is 2.65 bits per heavy atom. The van der Waals surface area contributed by atoms with Crippen molar-refractivity contribution in [3.8, 4) is 0 Å². The summed E-state index contributed by atoms with van der Waals surface area (Å²) in [5, 5.41) is 3.45. The van der Waals surface area contributed by atoms with Crippen LogP contribution in [0.5, 0.6) is 0 Å². The van der Waals surface area contributed by atoms with Gasteiger partial charge in [0, 0.05) is 18.8 Å². The van der Waals surface area contributed by atoms with Crippen LogP contribution >= 0.6 is 0 Å². The van der Waals surface area contributed by atoms with Crippen molar-refractivity contribution >= 4 is 5.69 Å². The molecule has 0 bridgehead atoms. The number of likely N-dealkylation sites (tertiary alicyclic amines) is 1. The van der Waals surface area contributed by atoms with Gasteiger partial charge in [-0.25, -0.2) is 0 Å². The maximum absolute atomic E-state index is 3.45. The van der Waals surface area contributed by atoms with Crippen LogP contribution < -0.4 is 5.32 Å². The number of benzene rings is 1. The molecule has 1 saturated carbocycles. The molecule has 0 amide bonds. The highest BCUT2D eigenvalue weighted by molar-refractivity contribution is 5.56. The SMILES string of the molecule is c1cc2c(cc1CN1CCC3(CCCC3)CC1)CCN2. The number of piperidine rings is 1. The summed E-state index contributed by atoms with van der Waals surface area (Å²) in [5.74, 6) is 0. The Hall–Kier alpha value is -1.02. The first-order chi connectivity index (χ1) is 9.83. The molecule has 2 nitrogen and oxygen atoms in total. The second-order valence-electron chi connectivity index (χ2n) is 7.15. The zero-order valence-electron chi connectivity index (χ0n) is 12.5. The maximum atomic E-state index is 3.45. The highest BCUT2D eigenvalue weighted by atomic mass is 15.1. The highest BCUT2D eigenvalue weighted by Gasteiger charge is 2.36. The number of nitrogens with zero attached hydrogens (tertiary/aromatic N) is 1. The standard InChI is InChI=1S/C18H26N2/c1-2-7-18(6-1)8-11-20(12-9-18)14-15-3-4-17-16(13-15)5-10-19-17/h3-4,13,19H,1-2,5-12,14H2. The minimum absolute atomic E-state index is 0.748. The summed E-state index contributed by atoms with van der Waals surface area (Å²) < 4.78 is 0. The normalized spacial score (nSPS) is 24.8. The molecule has 1 saturated heterocycles. The molecule has 108 valence electrons. The quantitative estimate of drug-likeness (QED) is 0.879. The van der Waals surface area contributed by atoms with E-state index in [9.17, 15) is 0 Å². The Balaban J connectivity index is 1.38. The summed E-state index contributed by atoms with van der Waals surface area (Å²) in [5.41, 5.74) is 5.14. The van der Waals surface area contributed by atoms with Crippen LogP contribution in [0.15, 0.2) is 18.2 Å². The van der Waals surface area contributed by atoms with Crippen molar-refractivity contribution in [2.45, 2.75) is 51.5 Å². The molecule has 2 heterocycles. The summed E-state index contributed by atoms with van der Waals surface area (Å²) >= 11 is 0. The molecule has 1 aromatic carbocycles. The van der Waals surface area contributed by atoms with Crippen molar-refractivity contribution < 1.29 is 0 Å². The molecule has 0 radical (unpaired) electrons. The molecule has 2 heteroatoms. The van der Waals surface area contributed by atoms with E-state index in [1.54, 1.807) is 0 Å². The minimum atomic E-state index is 0.748. The van der Waals surface area contributed by atoms with Crippen LogP contribution in [-0.2, 0) is 13.0 Å². The average Bonchev–Trinajstić information content (AvgIpc) is 3.11. The lowest BCUT2D eigenvalue weighted by Gasteiger charge is -2.39. The third kappa shape index (κ3) is 2.35. The molecule has 0 unspecified atom stereocenters. The molecule has 1 aromatic rings. The third-order valence-electron chi connectivity index (χ3n) is 5.87. The molecule has 3 aliphatic rings. The molecular weight excluding hydrogens is 244 g/mol. The van der Waals surface area contributed by atoms with Gasteiger partial charge >= 0.3 is 0 Å². The largest absolute Gasteiger partial charge is 0.384 e. The van der Waals surface area contributed by atoms with Crippen molar-refractivity contribution in [1.82, 2.24) is 4.90 Å². The van der Waals surface area contributed by atoms with Crippen molar-refractivity contribution in [2.75, 3.05) is 25.0 Å². The van der Waals surface area contributed by atoms with E-state index in [-0.39, 0.29) is 0 Å². The Kier molecular flexibility index (Phi) is 3.22. The van der Waals surface area contributed by atoms with E-state index in [4.69, 9.17) is 0 Å². The van der Waals surface area contributed by atoms with Crippen LogP contribution in [0.1, 0.15) is 49.7 Å². The molecule has 0 aromatic heterocycles. The number of fused-ring (bicyclic) bond motifs is 1. The first-order valence-corrected chi connectivity index (χ1v) is 8.41. The fraction of sp³-hybridized carbons (Fsp3) is 0.667. The van der Waals surface area contributed by atoms with Crippen molar-refractivity contribution in [3.05, 3.63) is 29.3 Å². The van der Waals surface area contributed by atoms with Gasteiger partial charge in [-0.1, -0.05) is 25.0 Å². The fourth-order valence-electron chi connectivity index (χ4n) is 4.53. The van der Waals surface area contributed by atoms with Crippen LogP contribution in [0.25, 0.3) is 0 Å². The van der Waals surface area contributed by atoms with E-state index in [1.165, 1.54) is 74.8 Å². The first kappa shape index (κ1) is 12.7. The van der Waals surface area contributed by atoms with Crippen molar-refractivity contribution in [3.63, 3.8) is 0 Å². The summed E-state index contributed by atoms with van der Waals surface area (Å²) in [7, 11) is 0. The Morgan fingerprint density at radius 1 is 1.05 bits per heavy atom. The van der Waals surface area contributed by atoms with Gasteiger partial charge < -0.3 is 5.32 Å². The summed E-state index contributed by atoms with van der Waals surface area (Å²) in [6.07, 6.45) is 10.1. The lowest BCUT2D eigenvalue weighted by atomic mass is 9.77. The summed E-state index contributed by atoms with van der Waals surface area (Å²) in [4.78, 5) is 2.67. The van der Waals surface area contributed by atoms with Gasteiger partial charge in [0.1, 0.15) is 0 Å². The Bertz CT molecular complexity index is 478. The van der Waals surface area contributed by atoms with Gasteiger partial charge in [-0.2, -0.15) is 0 Å². The molecular formula is C18H26N2. The van der Waals surface area contributed by atoms with Crippen molar-refractivity contribution in [2.24, 2.45) is 5.41 Å². The summed E-state index contributed by atoms with van der Waals surface area (Å²) in [6.45, 7) is 4.90. The van der Waals surface area contributed by atoms with E-state index >= 15 is 0 Å². The van der Waals surface area contributed by atoms with Gasteiger partial charge in [-0.05, 0) is 67.8 Å². The number of rotatable bonds is 2. The van der Waals surface area contributed by atoms with E-state index < -0.39 is 0 Å². The van der Waals surface area contributed by atoms with E-state index in [0.717, 1.165) is 18.5 Å². The third-order valence-corrected chi connectivity index (χ3v) is 5.87. The molecule has 4 rings (SSSR count). The van der Waals surface area contributed by atoms with Crippen LogP contribution in [0.4, 0.5) is 5.69 Å². The number of anilines is 1. The van der Waals surface area contributed by atoms with Gasteiger partial charge in [0.15, 0.2) is 0 Å². The smallest absolute Gasteiger partial charge is 0.0373 e. The predicted octanol–water partition coefficient (Wildman–Crippen LogP) is 3.81. The van der Waals surface area contributed by atoms with Gasteiger partial charge in [0.25, 0.3) is 0 Å². The van der Waals surface area contributed by atoms with E-state index in [2.05, 4.69) is 28.4 Å². The van der Waals surface area contributed by atoms with Crippen LogP contribution in [0.2, 0.25) is 0 Å². The monoisotopic (exact) mass is 270 g/mol. The summed E-state index contributed by atoms with van der Waals surface area (Å²) in [6, 6.07) is 7.02. The molecule has 1 aliphatic carbocycles.